The molecule has 2 heterocycles. The quantitative estimate of drug-likeness (QED) is 0.791. The summed E-state index contributed by atoms with van der Waals surface area (Å²) in [6, 6.07) is 4.78. The molecule has 0 spiro atoms. The van der Waals surface area contributed by atoms with Gasteiger partial charge in [0.15, 0.2) is 0 Å². The number of hydrogen-bond acceptors (Lipinski definition) is 5. The normalized spacial score (nSPS) is 22.6. The summed E-state index contributed by atoms with van der Waals surface area (Å²) in [5.41, 5.74) is 0.513. The van der Waals surface area contributed by atoms with Gasteiger partial charge in [0, 0.05) is 18.2 Å². The minimum atomic E-state index is -0.340. The third kappa shape index (κ3) is 3.24. The number of methoxy groups -OCH3 is 2. The van der Waals surface area contributed by atoms with E-state index in [2.05, 4.69) is 4.90 Å². The summed E-state index contributed by atoms with van der Waals surface area (Å²) in [5.74, 6) is 0.813. The van der Waals surface area contributed by atoms with Gasteiger partial charge in [0.25, 0.3) is 5.91 Å². The molecule has 0 N–H and O–H groups in total. The first-order valence-corrected chi connectivity index (χ1v) is 8.48. The second-order valence-corrected chi connectivity index (χ2v) is 6.31. The Morgan fingerprint density at radius 2 is 1.50 bits per heavy atom. The van der Waals surface area contributed by atoms with Gasteiger partial charge in [-0.05, 0) is 25.9 Å². The topological polar surface area (TPSA) is 59.1 Å². The second-order valence-electron chi connectivity index (χ2n) is 6.31. The summed E-state index contributed by atoms with van der Waals surface area (Å²) in [5, 5.41) is 0. The summed E-state index contributed by atoms with van der Waals surface area (Å²) >= 11 is 0. The Morgan fingerprint density at radius 1 is 0.917 bits per heavy atom. The van der Waals surface area contributed by atoms with Crippen molar-refractivity contribution < 1.29 is 19.1 Å². The van der Waals surface area contributed by atoms with Crippen LogP contribution in [0.5, 0.6) is 11.5 Å². The highest BCUT2D eigenvalue weighted by atomic mass is 16.5. The van der Waals surface area contributed by atoms with Crippen LogP contribution in [0.4, 0.5) is 5.69 Å². The summed E-state index contributed by atoms with van der Waals surface area (Å²) in [4.78, 5) is 28.9. The monoisotopic (exact) mass is 332 g/mol. The van der Waals surface area contributed by atoms with E-state index < -0.39 is 0 Å². The fourth-order valence-electron chi connectivity index (χ4n) is 3.50. The SMILES string of the molecule is COc1cc(OC)cc(N2C(=O)CC(N3CCCCCC3)C2=O)c1. The molecule has 1 aromatic rings. The third-order valence-corrected chi connectivity index (χ3v) is 4.80. The molecule has 130 valence electrons. The molecule has 0 aliphatic carbocycles. The molecule has 1 aromatic carbocycles. The molecule has 0 saturated carbocycles. The number of carbonyl (C=O) groups excluding carboxylic acids is 2. The lowest BCUT2D eigenvalue weighted by Crippen LogP contribution is -2.42. The first kappa shape index (κ1) is 16.8. The Hall–Kier alpha value is -2.08. The van der Waals surface area contributed by atoms with Gasteiger partial charge < -0.3 is 9.47 Å². The molecule has 0 radical (unpaired) electrons. The molecule has 2 fully saturated rings. The van der Waals surface area contributed by atoms with Crippen LogP contribution in [-0.4, -0.2) is 50.1 Å². The molecule has 6 heteroatoms. The maximum absolute atomic E-state index is 12.9. The number of anilines is 1. The molecule has 1 atom stereocenters. The van der Waals surface area contributed by atoms with Crippen molar-refractivity contribution in [1.29, 1.82) is 0 Å². The Morgan fingerprint density at radius 3 is 2.04 bits per heavy atom. The van der Waals surface area contributed by atoms with Crippen molar-refractivity contribution >= 4 is 17.5 Å². The van der Waals surface area contributed by atoms with Crippen LogP contribution in [0.1, 0.15) is 32.1 Å². The summed E-state index contributed by atoms with van der Waals surface area (Å²) in [6.45, 7) is 1.78. The average Bonchev–Trinajstić information content (AvgIpc) is 2.78. The zero-order chi connectivity index (χ0) is 17.1. The van der Waals surface area contributed by atoms with Crippen LogP contribution in [0.25, 0.3) is 0 Å². The van der Waals surface area contributed by atoms with Crippen molar-refractivity contribution in [3.05, 3.63) is 18.2 Å². The molecule has 2 saturated heterocycles. The van der Waals surface area contributed by atoms with Crippen molar-refractivity contribution in [1.82, 2.24) is 4.90 Å². The molecule has 2 aliphatic rings. The van der Waals surface area contributed by atoms with Gasteiger partial charge in [-0.15, -0.1) is 0 Å². The van der Waals surface area contributed by atoms with Gasteiger partial charge in [-0.3, -0.25) is 14.5 Å². The molecule has 2 aliphatic heterocycles. The van der Waals surface area contributed by atoms with E-state index in [-0.39, 0.29) is 24.3 Å². The van der Waals surface area contributed by atoms with Gasteiger partial charge >= 0.3 is 0 Å². The number of nitrogens with zero attached hydrogens (tertiary/aromatic N) is 2. The third-order valence-electron chi connectivity index (χ3n) is 4.80. The molecule has 0 aromatic heterocycles. The van der Waals surface area contributed by atoms with Gasteiger partial charge in [-0.1, -0.05) is 12.8 Å². The average molecular weight is 332 g/mol. The summed E-state index contributed by atoms with van der Waals surface area (Å²) < 4.78 is 10.5. The van der Waals surface area contributed by atoms with Crippen molar-refractivity contribution in [2.24, 2.45) is 0 Å². The highest BCUT2D eigenvalue weighted by molar-refractivity contribution is 6.22. The minimum absolute atomic E-state index is 0.141. The fraction of sp³-hybridized carbons (Fsp3) is 0.556. The van der Waals surface area contributed by atoms with E-state index >= 15 is 0 Å². The summed E-state index contributed by atoms with van der Waals surface area (Å²) in [7, 11) is 3.10. The van der Waals surface area contributed by atoms with Crippen LogP contribution in [0, 0.1) is 0 Å². The number of likely N-dealkylation sites (tertiary alicyclic amines) is 1. The zero-order valence-electron chi connectivity index (χ0n) is 14.3. The maximum atomic E-state index is 12.9. The van der Waals surface area contributed by atoms with E-state index in [1.165, 1.54) is 17.7 Å². The molecular formula is C18H24N2O4. The second kappa shape index (κ2) is 7.21. The van der Waals surface area contributed by atoms with Gasteiger partial charge in [0.05, 0.1) is 32.4 Å². The van der Waals surface area contributed by atoms with Crippen LogP contribution in [-0.2, 0) is 9.59 Å². The maximum Gasteiger partial charge on any atom is 0.251 e. The van der Waals surface area contributed by atoms with E-state index in [1.54, 1.807) is 32.4 Å². The minimum Gasteiger partial charge on any atom is -0.497 e. The van der Waals surface area contributed by atoms with Crippen molar-refractivity contribution in [3.63, 3.8) is 0 Å². The molecule has 0 bridgehead atoms. The van der Waals surface area contributed by atoms with E-state index in [0.717, 1.165) is 25.9 Å². The number of ether oxygens (including phenoxy) is 2. The Labute approximate surface area is 142 Å². The lowest BCUT2D eigenvalue weighted by molar-refractivity contribution is -0.122. The predicted molar refractivity (Wildman–Crippen MR) is 90.5 cm³/mol. The lowest BCUT2D eigenvalue weighted by Gasteiger charge is -2.25. The van der Waals surface area contributed by atoms with Crippen LogP contribution >= 0.6 is 0 Å². The van der Waals surface area contributed by atoms with E-state index in [4.69, 9.17) is 9.47 Å². The largest absolute Gasteiger partial charge is 0.497 e. The van der Waals surface area contributed by atoms with E-state index in [0.29, 0.717) is 17.2 Å². The van der Waals surface area contributed by atoms with Crippen molar-refractivity contribution in [2.45, 2.75) is 38.1 Å². The van der Waals surface area contributed by atoms with Crippen LogP contribution in [0.3, 0.4) is 0 Å². The highest BCUT2D eigenvalue weighted by Gasteiger charge is 2.42. The molecule has 2 amide bonds. The summed E-state index contributed by atoms with van der Waals surface area (Å²) in [6.07, 6.45) is 4.82. The first-order chi connectivity index (χ1) is 11.6. The van der Waals surface area contributed by atoms with Crippen LogP contribution < -0.4 is 14.4 Å². The number of amides is 2. The van der Waals surface area contributed by atoms with E-state index in [1.807, 2.05) is 0 Å². The molecule has 1 unspecified atom stereocenters. The molecule has 24 heavy (non-hydrogen) atoms. The van der Waals surface area contributed by atoms with Crippen molar-refractivity contribution in [2.75, 3.05) is 32.2 Å². The van der Waals surface area contributed by atoms with Crippen LogP contribution in [0.2, 0.25) is 0 Å². The fourth-order valence-corrected chi connectivity index (χ4v) is 3.50. The Kier molecular flexibility index (Phi) is 5.04. The van der Waals surface area contributed by atoms with Gasteiger partial charge in [0.2, 0.25) is 5.91 Å². The lowest BCUT2D eigenvalue weighted by atomic mass is 10.2. The number of carbonyl (C=O) groups is 2. The van der Waals surface area contributed by atoms with E-state index in [9.17, 15) is 9.59 Å². The standard InChI is InChI=1S/C18H24N2O4/c1-23-14-9-13(10-15(11-14)24-2)20-17(21)12-16(18(20)22)19-7-5-3-4-6-8-19/h9-11,16H,3-8,12H2,1-2H3. The Bertz CT molecular complexity index is 601. The molecule has 6 nitrogen and oxygen atoms in total. The number of benzene rings is 1. The van der Waals surface area contributed by atoms with Gasteiger partial charge in [-0.25, -0.2) is 4.90 Å². The smallest absolute Gasteiger partial charge is 0.251 e. The first-order valence-electron chi connectivity index (χ1n) is 8.48. The van der Waals surface area contributed by atoms with Crippen molar-refractivity contribution in [3.8, 4) is 11.5 Å². The van der Waals surface area contributed by atoms with Gasteiger partial charge in [0.1, 0.15) is 11.5 Å². The number of rotatable bonds is 4. The number of hydrogen-bond donors (Lipinski definition) is 0. The molecular weight excluding hydrogens is 308 g/mol. The zero-order valence-corrected chi connectivity index (χ0v) is 14.3. The molecule has 3 rings (SSSR count). The van der Waals surface area contributed by atoms with Gasteiger partial charge in [-0.2, -0.15) is 0 Å². The Balaban J connectivity index is 1.86. The number of imide groups is 1. The highest BCUT2D eigenvalue weighted by Crippen LogP contribution is 2.33. The predicted octanol–water partition coefficient (Wildman–Crippen LogP) is 2.21. The van der Waals surface area contributed by atoms with Crippen LogP contribution in [0.15, 0.2) is 18.2 Å².